The molecule has 2 rings (SSSR count). The number of benzene rings is 2. The molecule has 6 heteroatoms. The van der Waals surface area contributed by atoms with Gasteiger partial charge in [-0.15, -0.1) is 0 Å². The fourth-order valence-corrected chi connectivity index (χ4v) is 3.52. The molecular formula is C27H36N2O4. The maximum Gasteiger partial charge on any atom is 0.328 e. The Morgan fingerprint density at radius 1 is 0.879 bits per heavy atom. The average molecular weight is 453 g/mol. The topological polar surface area (TPSA) is 84.5 Å². The first-order valence-electron chi connectivity index (χ1n) is 11.3. The van der Waals surface area contributed by atoms with Crippen molar-refractivity contribution in [1.29, 1.82) is 0 Å². The molecule has 0 unspecified atom stereocenters. The van der Waals surface area contributed by atoms with E-state index < -0.39 is 24.0 Å². The van der Waals surface area contributed by atoms with E-state index in [0.29, 0.717) is 18.4 Å². The van der Waals surface area contributed by atoms with Crippen molar-refractivity contribution in [3.8, 4) is 0 Å². The summed E-state index contributed by atoms with van der Waals surface area (Å²) in [5, 5.41) is 5.63. The summed E-state index contributed by atoms with van der Waals surface area (Å²) in [6.45, 7) is 10.3. The van der Waals surface area contributed by atoms with Gasteiger partial charge in [0.05, 0.1) is 7.11 Å². The molecule has 0 bridgehead atoms. The van der Waals surface area contributed by atoms with Gasteiger partial charge in [0.25, 0.3) is 5.91 Å². The number of esters is 1. The van der Waals surface area contributed by atoms with Gasteiger partial charge in [-0.2, -0.15) is 0 Å². The Bertz CT molecular complexity index is 931. The first-order valence-corrected chi connectivity index (χ1v) is 11.3. The lowest BCUT2D eigenvalue weighted by Crippen LogP contribution is -2.53. The molecule has 0 radical (unpaired) electrons. The number of nitrogens with one attached hydrogen (secondary N) is 2. The molecule has 2 N–H and O–H groups in total. The second-order valence-corrected chi connectivity index (χ2v) is 9.76. The van der Waals surface area contributed by atoms with E-state index in [1.807, 2.05) is 56.3 Å². The van der Waals surface area contributed by atoms with Crippen molar-refractivity contribution in [3.63, 3.8) is 0 Å². The van der Waals surface area contributed by atoms with Crippen molar-refractivity contribution < 1.29 is 19.1 Å². The maximum absolute atomic E-state index is 13.2. The van der Waals surface area contributed by atoms with Crippen molar-refractivity contribution in [2.45, 2.75) is 65.0 Å². The first kappa shape index (κ1) is 26.1. The Hall–Kier alpha value is -3.15. The van der Waals surface area contributed by atoms with Crippen molar-refractivity contribution in [3.05, 3.63) is 71.3 Å². The molecule has 6 nitrogen and oxygen atoms in total. The van der Waals surface area contributed by atoms with Crippen LogP contribution >= 0.6 is 0 Å². The summed E-state index contributed by atoms with van der Waals surface area (Å²) in [6, 6.07) is 15.2. The minimum Gasteiger partial charge on any atom is -0.467 e. The zero-order valence-corrected chi connectivity index (χ0v) is 20.5. The predicted molar refractivity (Wildman–Crippen MR) is 130 cm³/mol. The van der Waals surface area contributed by atoms with Gasteiger partial charge >= 0.3 is 5.97 Å². The molecule has 2 atom stereocenters. The SMILES string of the molecule is COC(=O)[C@@H](CC(C)C)NC(=O)[C@@H](Cc1ccccc1)NC(=O)c1ccc(C(C)(C)C)cc1. The largest absolute Gasteiger partial charge is 0.467 e. The van der Waals surface area contributed by atoms with Crippen LogP contribution in [0.4, 0.5) is 0 Å². The van der Waals surface area contributed by atoms with Crippen LogP contribution in [0.25, 0.3) is 0 Å². The number of carbonyl (C=O) groups is 3. The second kappa shape index (κ2) is 11.6. The summed E-state index contributed by atoms with van der Waals surface area (Å²) < 4.78 is 4.86. The third-order valence-electron chi connectivity index (χ3n) is 5.43. The molecule has 0 spiro atoms. The van der Waals surface area contributed by atoms with Gasteiger partial charge in [-0.25, -0.2) is 4.79 Å². The summed E-state index contributed by atoms with van der Waals surface area (Å²) in [4.78, 5) is 38.4. The van der Waals surface area contributed by atoms with Gasteiger partial charge in [0.2, 0.25) is 5.91 Å². The van der Waals surface area contributed by atoms with Crippen LogP contribution in [-0.2, 0) is 26.2 Å². The molecule has 0 fully saturated rings. The number of carbonyl (C=O) groups excluding carboxylic acids is 3. The van der Waals surface area contributed by atoms with E-state index in [2.05, 4.69) is 31.4 Å². The molecule has 2 aromatic carbocycles. The van der Waals surface area contributed by atoms with E-state index >= 15 is 0 Å². The molecular weight excluding hydrogens is 416 g/mol. The summed E-state index contributed by atoms with van der Waals surface area (Å²) in [7, 11) is 1.30. The van der Waals surface area contributed by atoms with Crippen LogP contribution in [0.2, 0.25) is 0 Å². The van der Waals surface area contributed by atoms with Crippen molar-refractivity contribution in [1.82, 2.24) is 10.6 Å². The maximum atomic E-state index is 13.2. The van der Waals surface area contributed by atoms with Crippen LogP contribution in [-0.4, -0.2) is 37.0 Å². The Morgan fingerprint density at radius 3 is 2.00 bits per heavy atom. The number of amides is 2. The van der Waals surface area contributed by atoms with E-state index in [1.54, 1.807) is 12.1 Å². The van der Waals surface area contributed by atoms with Crippen LogP contribution in [0.15, 0.2) is 54.6 Å². The van der Waals surface area contributed by atoms with Gasteiger partial charge in [-0.1, -0.05) is 77.1 Å². The molecule has 0 saturated carbocycles. The highest BCUT2D eigenvalue weighted by molar-refractivity contribution is 5.98. The highest BCUT2D eigenvalue weighted by Gasteiger charge is 2.28. The van der Waals surface area contributed by atoms with E-state index in [0.717, 1.165) is 11.1 Å². The molecule has 0 aromatic heterocycles. The van der Waals surface area contributed by atoms with Crippen LogP contribution in [0.5, 0.6) is 0 Å². The molecule has 33 heavy (non-hydrogen) atoms. The third-order valence-corrected chi connectivity index (χ3v) is 5.43. The molecule has 2 amide bonds. The van der Waals surface area contributed by atoms with Crippen molar-refractivity contribution in [2.75, 3.05) is 7.11 Å². The van der Waals surface area contributed by atoms with Crippen molar-refractivity contribution in [2.24, 2.45) is 5.92 Å². The quantitative estimate of drug-likeness (QED) is 0.563. The summed E-state index contributed by atoms with van der Waals surface area (Å²) in [6.07, 6.45) is 0.743. The molecule has 178 valence electrons. The van der Waals surface area contributed by atoms with E-state index in [4.69, 9.17) is 4.74 Å². The zero-order chi connectivity index (χ0) is 24.6. The molecule has 2 aromatic rings. The lowest BCUT2D eigenvalue weighted by Gasteiger charge is -2.23. The lowest BCUT2D eigenvalue weighted by molar-refractivity contribution is -0.145. The van der Waals surface area contributed by atoms with Gasteiger partial charge in [-0.3, -0.25) is 9.59 Å². The summed E-state index contributed by atoms with van der Waals surface area (Å²) in [5.74, 6) is -1.09. The predicted octanol–water partition coefficient (Wildman–Crippen LogP) is 4.03. The van der Waals surface area contributed by atoms with Crippen molar-refractivity contribution >= 4 is 17.8 Å². The van der Waals surface area contributed by atoms with E-state index in [9.17, 15) is 14.4 Å². The Morgan fingerprint density at radius 2 is 1.48 bits per heavy atom. The smallest absolute Gasteiger partial charge is 0.328 e. The van der Waals surface area contributed by atoms with Crippen LogP contribution in [0.1, 0.15) is 62.5 Å². The Balaban J connectivity index is 2.23. The first-order chi connectivity index (χ1) is 15.5. The number of ether oxygens (including phenoxy) is 1. The zero-order valence-electron chi connectivity index (χ0n) is 20.5. The summed E-state index contributed by atoms with van der Waals surface area (Å²) in [5.41, 5.74) is 2.47. The van der Waals surface area contributed by atoms with Crippen LogP contribution in [0, 0.1) is 5.92 Å². The number of hydrogen-bond acceptors (Lipinski definition) is 4. The lowest BCUT2D eigenvalue weighted by atomic mass is 9.86. The number of rotatable bonds is 9. The van der Waals surface area contributed by atoms with Crippen LogP contribution < -0.4 is 10.6 Å². The molecule has 0 aliphatic heterocycles. The molecule has 0 aliphatic carbocycles. The average Bonchev–Trinajstić information content (AvgIpc) is 2.77. The number of methoxy groups -OCH3 is 1. The summed E-state index contributed by atoms with van der Waals surface area (Å²) >= 11 is 0. The monoisotopic (exact) mass is 452 g/mol. The molecule has 0 aliphatic rings. The van der Waals surface area contributed by atoms with Gasteiger partial charge in [0.1, 0.15) is 12.1 Å². The van der Waals surface area contributed by atoms with Crippen LogP contribution in [0.3, 0.4) is 0 Å². The minimum absolute atomic E-state index is 0.0238. The van der Waals surface area contributed by atoms with Gasteiger partial charge in [-0.05, 0) is 41.0 Å². The van der Waals surface area contributed by atoms with E-state index in [1.165, 1.54) is 7.11 Å². The van der Waals surface area contributed by atoms with Gasteiger partial charge in [0.15, 0.2) is 0 Å². The third kappa shape index (κ3) is 8.04. The standard InChI is InChI=1S/C27H36N2O4/c1-18(2)16-23(26(32)33-6)29-25(31)22(17-19-10-8-7-9-11-19)28-24(30)20-12-14-21(15-13-20)27(3,4)5/h7-15,18,22-23H,16-17H2,1-6H3,(H,28,30)(H,29,31)/t22-,23-/m1/s1. The highest BCUT2D eigenvalue weighted by Crippen LogP contribution is 2.22. The van der Waals surface area contributed by atoms with Gasteiger partial charge < -0.3 is 15.4 Å². The number of hydrogen-bond donors (Lipinski definition) is 2. The normalized spacial score (nSPS) is 13.2. The minimum atomic E-state index is -0.846. The fourth-order valence-electron chi connectivity index (χ4n) is 3.52. The second-order valence-electron chi connectivity index (χ2n) is 9.76. The Kier molecular flexibility index (Phi) is 9.21. The van der Waals surface area contributed by atoms with E-state index in [-0.39, 0.29) is 17.2 Å². The Labute approximate surface area is 197 Å². The molecule has 0 saturated heterocycles. The molecule has 0 heterocycles. The fraction of sp³-hybridized carbons (Fsp3) is 0.444. The van der Waals surface area contributed by atoms with Gasteiger partial charge in [0, 0.05) is 12.0 Å². The highest BCUT2D eigenvalue weighted by atomic mass is 16.5.